The number of carbonyl (C=O) groups excluding carboxylic acids is 1. The highest BCUT2D eigenvalue weighted by Gasteiger charge is 2.61. The first kappa shape index (κ1) is 53.4. The van der Waals surface area contributed by atoms with Crippen molar-refractivity contribution in [2.75, 3.05) is 6.61 Å². The van der Waals surface area contributed by atoms with Gasteiger partial charge in [-0.05, 0) is 194 Å². The Kier molecular flexibility index (Phi) is 19.6. The van der Waals surface area contributed by atoms with Gasteiger partial charge in [-0.3, -0.25) is 4.79 Å². The second kappa shape index (κ2) is 26.4. The maximum atomic E-state index is 11.9. The Labute approximate surface area is 435 Å². The number of carbonyl (C=O) groups is 1. The zero-order valence-electron chi connectivity index (χ0n) is 45.2. The minimum atomic E-state index is -0.384. The Hall–Kier alpha value is -3.39. The zero-order chi connectivity index (χ0) is 49.7. The van der Waals surface area contributed by atoms with Crippen LogP contribution in [0.25, 0.3) is 0 Å². The number of hydrogen-bond donors (Lipinski definition) is 0. The lowest BCUT2D eigenvalue weighted by Crippen LogP contribution is -2.37. The molecule has 8 nitrogen and oxygen atoms in total. The maximum Gasteiger partial charge on any atom is 0.306 e. The molecular weight excluding hydrogens is 893 g/mol. The summed E-state index contributed by atoms with van der Waals surface area (Å²) in [5, 5.41) is 9.29. The van der Waals surface area contributed by atoms with Gasteiger partial charge in [-0.2, -0.15) is 0 Å². The van der Waals surface area contributed by atoms with Crippen molar-refractivity contribution in [1.29, 1.82) is 0 Å². The third-order valence-electron chi connectivity index (χ3n) is 20.0. The highest BCUT2D eigenvalue weighted by atomic mass is 16.5. The lowest BCUT2D eigenvalue weighted by Gasteiger charge is -2.46. The highest BCUT2D eigenvalue weighted by Crippen LogP contribution is 2.69. The van der Waals surface area contributed by atoms with Crippen LogP contribution < -0.4 is 0 Å². The molecule has 0 spiro atoms. The van der Waals surface area contributed by atoms with E-state index in [4.69, 9.17) is 22.7 Å². The molecule has 0 aromatic carbocycles. The average Bonchev–Trinajstić information content (AvgIpc) is 4.27. The van der Waals surface area contributed by atoms with E-state index in [0.717, 1.165) is 119 Å². The van der Waals surface area contributed by atoms with Gasteiger partial charge in [0, 0.05) is 48.5 Å². The number of unbranched alkanes of at least 4 members (excludes halogenated alkanes) is 8. The Morgan fingerprint density at radius 1 is 0.569 bits per heavy atom. The molecule has 6 aliphatic rings. The number of fused-ring (bicyclic) bond motifs is 3. The van der Waals surface area contributed by atoms with Crippen LogP contribution in [-0.4, -0.2) is 35.0 Å². The lowest BCUT2D eigenvalue weighted by atomic mass is 9.58. The summed E-state index contributed by atoms with van der Waals surface area (Å²) >= 11 is 0. The molecule has 6 saturated carbocycles. The van der Waals surface area contributed by atoms with Crippen LogP contribution in [0.3, 0.4) is 0 Å². The topological polar surface area (TPSA) is 101 Å². The van der Waals surface area contributed by atoms with Gasteiger partial charge in [-0.1, -0.05) is 104 Å². The molecule has 0 radical (unpaired) electrons. The number of hydrogen-bond acceptors (Lipinski definition) is 8. The summed E-state index contributed by atoms with van der Waals surface area (Å²) in [4.78, 5) is 11.9. The van der Waals surface area contributed by atoms with Crippen molar-refractivity contribution in [2.24, 2.45) is 29.1 Å². The van der Waals surface area contributed by atoms with Gasteiger partial charge in [0.15, 0.2) is 0 Å². The van der Waals surface area contributed by atoms with Crippen LogP contribution in [-0.2, 0) is 14.3 Å². The van der Waals surface area contributed by atoms with Crippen LogP contribution in [0.5, 0.6) is 0 Å². The Morgan fingerprint density at radius 3 is 1.56 bits per heavy atom. The minimum Gasteiger partial charge on any atom is -0.466 e. The summed E-state index contributed by atoms with van der Waals surface area (Å²) < 4.78 is 32.0. The van der Waals surface area contributed by atoms with Crippen LogP contribution >= 0.6 is 0 Å². The molecular formula is C64H96N2O6. The fourth-order valence-corrected chi connectivity index (χ4v) is 16.0. The standard InChI is InChI=1S/C64H96N2O6/c1-5-9-40-64(41-10-6-2)55-43-49(59-38-36-57(70-59)45-21-17-16-18-22-45)30-34-53(55)54-35-31-50(44-56(54)64)60-39-37-58(71-60)46-24-26-47(27-25-46)62-65-66-63(72-62)48-28-32-52(33-29-48)68-42-20-15-13-11-12-14-19-23-61(67)69-51(7-3)8-4/h7-8,36-39,45-56H,3-6,9-35,40-44H2,1-2H3. The average molecular weight is 989 g/mol. The molecule has 0 aliphatic heterocycles. The van der Waals surface area contributed by atoms with E-state index in [1.54, 1.807) is 12.2 Å². The Morgan fingerprint density at radius 2 is 1.03 bits per heavy atom. The number of esters is 1. The fraction of sp³-hybridized carbons (Fsp3) is 0.766. The summed E-state index contributed by atoms with van der Waals surface area (Å²) in [6.45, 7) is 13.0. The molecule has 6 aliphatic carbocycles. The van der Waals surface area contributed by atoms with E-state index in [0.29, 0.717) is 53.4 Å². The normalized spacial score (nSPS) is 29.7. The number of aromatic nitrogens is 2. The minimum absolute atomic E-state index is 0.165. The maximum absolute atomic E-state index is 11.9. The molecule has 6 fully saturated rings. The quantitative estimate of drug-likeness (QED) is 0.0445. The van der Waals surface area contributed by atoms with Gasteiger partial charge >= 0.3 is 5.97 Å². The van der Waals surface area contributed by atoms with Gasteiger partial charge in [0.1, 0.15) is 29.1 Å². The molecule has 3 aromatic heterocycles. The van der Waals surface area contributed by atoms with Crippen molar-refractivity contribution < 1.29 is 27.5 Å². The molecule has 0 saturated heterocycles. The first-order valence-electron chi connectivity index (χ1n) is 30.5. The van der Waals surface area contributed by atoms with Gasteiger partial charge in [-0.25, -0.2) is 0 Å². The molecule has 0 N–H and O–H groups in total. The first-order chi connectivity index (χ1) is 35.4. The van der Waals surface area contributed by atoms with Crippen molar-refractivity contribution in [3.8, 4) is 0 Å². The lowest BCUT2D eigenvalue weighted by molar-refractivity contribution is -0.145. The summed E-state index contributed by atoms with van der Waals surface area (Å²) in [5.74, 6) is 13.1. The Balaban J connectivity index is 0.708. The molecule has 6 atom stereocenters. The third-order valence-corrected chi connectivity index (χ3v) is 20.0. The van der Waals surface area contributed by atoms with Crippen LogP contribution in [0.4, 0.5) is 0 Å². The zero-order valence-corrected chi connectivity index (χ0v) is 45.2. The molecule has 8 heteroatoms. The first-order valence-corrected chi connectivity index (χ1v) is 30.5. The fourth-order valence-electron chi connectivity index (χ4n) is 16.0. The molecule has 398 valence electrons. The molecule has 3 heterocycles. The van der Waals surface area contributed by atoms with Gasteiger partial charge < -0.3 is 22.7 Å². The van der Waals surface area contributed by atoms with Crippen molar-refractivity contribution >= 4 is 5.97 Å². The molecule has 3 aromatic rings. The monoisotopic (exact) mass is 989 g/mol. The predicted molar refractivity (Wildman–Crippen MR) is 288 cm³/mol. The van der Waals surface area contributed by atoms with Crippen LogP contribution in [0, 0.1) is 29.1 Å². The van der Waals surface area contributed by atoms with Crippen molar-refractivity contribution in [3.63, 3.8) is 0 Å². The highest BCUT2D eigenvalue weighted by molar-refractivity contribution is 5.69. The predicted octanol–water partition coefficient (Wildman–Crippen LogP) is 18.3. The smallest absolute Gasteiger partial charge is 0.306 e. The van der Waals surface area contributed by atoms with Crippen molar-refractivity contribution in [1.82, 2.24) is 10.2 Å². The van der Waals surface area contributed by atoms with Gasteiger partial charge in [-0.15, -0.1) is 10.2 Å². The van der Waals surface area contributed by atoms with Crippen LogP contribution in [0.2, 0.25) is 0 Å². The SMILES string of the molecule is C=CC(C=C)OC(=O)CCCCCCCCCOC1CCC(c2nnc(C3CCC(c4ccc(C5CCC6C7CCC(c8ccc(C9CCCCC9)o8)CC7C(CCCC)(CCCC)C6C5)o4)CC3)o2)CC1. The van der Waals surface area contributed by atoms with E-state index in [2.05, 4.69) is 61.5 Å². The molecule has 0 amide bonds. The second-order valence-corrected chi connectivity index (χ2v) is 24.3. The van der Waals surface area contributed by atoms with Crippen molar-refractivity contribution in [3.05, 3.63) is 84.4 Å². The van der Waals surface area contributed by atoms with E-state index < -0.39 is 0 Å². The van der Waals surface area contributed by atoms with Crippen LogP contribution in [0.1, 0.15) is 296 Å². The molecule has 0 bridgehead atoms. The summed E-state index contributed by atoms with van der Waals surface area (Å²) in [6, 6.07) is 9.54. The second-order valence-electron chi connectivity index (χ2n) is 24.3. The van der Waals surface area contributed by atoms with Gasteiger partial charge in [0.25, 0.3) is 0 Å². The van der Waals surface area contributed by atoms with E-state index in [1.807, 2.05) is 0 Å². The van der Waals surface area contributed by atoms with E-state index in [9.17, 15) is 4.79 Å². The molecule has 72 heavy (non-hydrogen) atoms. The van der Waals surface area contributed by atoms with Crippen LogP contribution in [0.15, 0.2) is 62.8 Å². The third kappa shape index (κ3) is 13.0. The molecule has 9 rings (SSSR count). The number of rotatable bonds is 26. The largest absolute Gasteiger partial charge is 0.466 e. The Bertz CT molecular complexity index is 2080. The number of nitrogens with zero attached hydrogens (tertiary/aromatic N) is 2. The summed E-state index contributed by atoms with van der Waals surface area (Å²) in [5.41, 5.74) is 0.459. The summed E-state index contributed by atoms with van der Waals surface area (Å²) in [7, 11) is 0. The summed E-state index contributed by atoms with van der Waals surface area (Å²) in [6.07, 6.45) is 43.1. The van der Waals surface area contributed by atoms with E-state index in [-0.39, 0.29) is 12.1 Å². The number of furan rings is 2. The van der Waals surface area contributed by atoms with Crippen molar-refractivity contribution in [2.45, 2.75) is 273 Å². The van der Waals surface area contributed by atoms with E-state index >= 15 is 0 Å². The van der Waals surface area contributed by atoms with Gasteiger partial charge in [0.05, 0.1) is 6.10 Å². The van der Waals surface area contributed by atoms with E-state index in [1.165, 1.54) is 151 Å². The number of ether oxygens (including phenoxy) is 2. The van der Waals surface area contributed by atoms with Gasteiger partial charge in [0.2, 0.25) is 11.8 Å². The molecule has 6 unspecified atom stereocenters.